The van der Waals surface area contributed by atoms with Gasteiger partial charge in [-0.1, -0.05) is 37.3 Å². The molecule has 0 spiro atoms. The summed E-state index contributed by atoms with van der Waals surface area (Å²) in [6, 6.07) is 9.91. The highest BCUT2D eigenvalue weighted by atomic mass is 16.4. The predicted molar refractivity (Wildman–Crippen MR) is 82.2 cm³/mol. The second-order valence-corrected chi connectivity index (χ2v) is 5.38. The first kappa shape index (κ1) is 17.0. The summed E-state index contributed by atoms with van der Waals surface area (Å²) in [6.07, 6.45) is 1.53. The van der Waals surface area contributed by atoms with E-state index in [1.165, 1.54) is 5.56 Å². The van der Waals surface area contributed by atoms with Crippen molar-refractivity contribution in [3.05, 3.63) is 35.9 Å². The van der Waals surface area contributed by atoms with Crippen molar-refractivity contribution in [3.63, 3.8) is 0 Å². The summed E-state index contributed by atoms with van der Waals surface area (Å²) < 4.78 is 0. The van der Waals surface area contributed by atoms with Gasteiger partial charge >= 0.3 is 12.0 Å². The van der Waals surface area contributed by atoms with Gasteiger partial charge in [0.05, 0.1) is 0 Å². The van der Waals surface area contributed by atoms with Crippen LogP contribution in [0.3, 0.4) is 0 Å². The second-order valence-electron chi connectivity index (χ2n) is 5.38. The van der Waals surface area contributed by atoms with Gasteiger partial charge in [0, 0.05) is 26.6 Å². The highest BCUT2D eigenvalue weighted by molar-refractivity contribution is 5.73. The zero-order chi connectivity index (χ0) is 15.7. The average Bonchev–Trinajstić information content (AvgIpc) is 2.49. The van der Waals surface area contributed by atoms with E-state index in [1.807, 2.05) is 37.3 Å². The topological polar surface area (TPSA) is 69.6 Å². The van der Waals surface area contributed by atoms with Gasteiger partial charge in [0.25, 0.3) is 0 Å². The molecule has 1 aromatic rings. The summed E-state index contributed by atoms with van der Waals surface area (Å²) in [5.41, 5.74) is 1.20. The molecule has 116 valence electrons. The summed E-state index contributed by atoms with van der Waals surface area (Å²) in [5.74, 6) is -0.638. The van der Waals surface area contributed by atoms with Crippen LogP contribution in [0.1, 0.15) is 25.3 Å². The van der Waals surface area contributed by atoms with Gasteiger partial charge in [-0.3, -0.25) is 4.79 Å². The number of carbonyl (C=O) groups is 2. The SMILES string of the molecule is CC(CCC(=O)O)CNC(=O)N(C)CCc1ccccc1. The van der Waals surface area contributed by atoms with E-state index in [0.29, 0.717) is 19.5 Å². The highest BCUT2D eigenvalue weighted by Gasteiger charge is 2.11. The van der Waals surface area contributed by atoms with Crippen LogP contribution in [0.4, 0.5) is 4.79 Å². The van der Waals surface area contributed by atoms with E-state index in [4.69, 9.17) is 5.11 Å². The number of likely N-dealkylation sites (N-methyl/N-ethyl adjacent to an activating group) is 1. The summed E-state index contributed by atoms with van der Waals surface area (Å²) in [4.78, 5) is 24.0. The number of hydrogen-bond acceptors (Lipinski definition) is 2. The standard InChI is InChI=1S/C16H24N2O3/c1-13(8-9-15(19)20)12-17-16(21)18(2)11-10-14-6-4-3-5-7-14/h3-7,13H,8-12H2,1-2H3,(H,17,21)(H,19,20). The summed E-state index contributed by atoms with van der Waals surface area (Å²) >= 11 is 0. The van der Waals surface area contributed by atoms with Gasteiger partial charge in [-0.2, -0.15) is 0 Å². The average molecular weight is 292 g/mol. The van der Waals surface area contributed by atoms with Gasteiger partial charge in [0.1, 0.15) is 0 Å². The zero-order valence-corrected chi connectivity index (χ0v) is 12.7. The lowest BCUT2D eigenvalue weighted by Crippen LogP contribution is -2.40. The molecule has 0 aromatic heterocycles. The minimum absolute atomic E-state index is 0.117. The lowest BCUT2D eigenvalue weighted by atomic mass is 10.1. The van der Waals surface area contributed by atoms with E-state index >= 15 is 0 Å². The van der Waals surface area contributed by atoms with Crippen molar-refractivity contribution < 1.29 is 14.7 Å². The number of benzene rings is 1. The summed E-state index contributed by atoms with van der Waals surface area (Å²) in [7, 11) is 1.76. The number of nitrogens with zero attached hydrogens (tertiary/aromatic N) is 1. The Bertz CT molecular complexity index is 448. The van der Waals surface area contributed by atoms with Crippen molar-refractivity contribution in [2.24, 2.45) is 5.92 Å². The number of carboxylic acid groups (broad SMARTS) is 1. The van der Waals surface area contributed by atoms with Crippen LogP contribution in [0.5, 0.6) is 0 Å². The van der Waals surface area contributed by atoms with Gasteiger partial charge < -0.3 is 15.3 Å². The van der Waals surface area contributed by atoms with Gasteiger partial charge in [-0.15, -0.1) is 0 Å². The van der Waals surface area contributed by atoms with Crippen LogP contribution in [0, 0.1) is 5.92 Å². The fraction of sp³-hybridized carbons (Fsp3) is 0.500. The molecule has 2 N–H and O–H groups in total. The van der Waals surface area contributed by atoms with Crippen LogP contribution in [0.15, 0.2) is 30.3 Å². The van der Waals surface area contributed by atoms with Crippen molar-refractivity contribution in [1.82, 2.24) is 10.2 Å². The normalized spacial score (nSPS) is 11.7. The fourth-order valence-corrected chi connectivity index (χ4v) is 1.91. The number of hydrogen-bond donors (Lipinski definition) is 2. The molecule has 0 saturated heterocycles. The zero-order valence-electron chi connectivity index (χ0n) is 12.7. The minimum atomic E-state index is -0.798. The molecule has 5 heteroatoms. The Balaban J connectivity index is 2.23. The molecular formula is C16H24N2O3. The maximum Gasteiger partial charge on any atom is 0.317 e. The first-order chi connectivity index (χ1) is 9.99. The Morgan fingerprint density at radius 1 is 1.29 bits per heavy atom. The quantitative estimate of drug-likeness (QED) is 0.773. The number of carboxylic acids is 1. The number of carbonyl (C=O) groups excluding carboxylic acids is 1. The molecule has 0 heterocycles. The molecule has 1 atom stereocenters. The fourth-order valence-electron chi connectivity index (χ4n) is 1.91. The molecule has 0 radical (unpaired) electrons. The Morgan fingerprint density at radius 2 is 1.95 bits per heavy atom. The van der Waals surface area contributed by atoms with Crippen molar-refractivity contribution in [2.45, 2.75) is 26.2 Å². The Morgan fingerprint density at radius 3 is 2.57 bits per heavy atom. The van der Waals surface area contributed by atoms with Crippen molar-refractivity contribution in [1.29, 1.82) is 0 Å². The van der Waals surface area contributed by atoms with E-state index in [-0.39, 0.29) is 18.4 Å². The number of aliphatic carboxylic acids is 1. The monoisotopic (exact) mass is 292 g/mol. The Kier molecular flexibility index (Phi) is 7.29. The second kappa shape index (κ2) is 9.00. The van der Waals surface area contributed by atoms with Gasteiger partial charge in [-0.05, 0) is 24.3 Å². The van der Waals surface area contributed by atoms with Crippen LogP contribution in [-0.4, -0.2) is 42.1 Å². The van der Waals surface area contributed by atoms with E-state index in [2.05, 4.69) is 5.32 Å². The maximum absolute atomic E-state index is 11.9. The Hall–Kier alpha value is -2.04. The van der Waals surface area contributed by atoms with Gasteiger partial charge in [0.15, 0.2) is 0 Å². The molecule has 1 rings (SSSR count). The van der Waals surface area contributed by atoms with Crippen molar-refractivity contribution >= 4 is 12.0 Å². The smallest absolute Gasteiger partial charge is 0.317 e. The molecule has 0 aliphatic heterocycles. The van der Waals surface area contributed by atoms with Crippen molar-refractivity contribution in [2.75, 3.05) is 20.1 Å². The molecule has 5 nitrogen and oxygen atoms in total. The third kappa shape index (κ3) is 7.34. The maximum atomic E-state index is 11.9. The first-order valence-electron chi connectivity index (χ1n) is 7.23. The molecular weight excluding hydrogens is 268 g/mol. The summed E-state index contributed by atoms with van der Waals surface area (Å²) in [5, 5.41) is 11.4. The first-order valence-corrected chi connectivity index (χ1v) is 7.23. The van der Waals surface area contributed by atoms with E-state index in [1.54, 1.807) is 11.9 Å². The molecule has 0 aliphatic carbocycles. The minimum Gasteiger partial charge on any atom is -0.481 e. The third-order valence-electron chi connectivity index (χ3n) is 3.38. The van der Waals surface area contributed by atoms with Gasteiger partial charge in [-0.25, -0.2) is 4.79 Å². The molecule has 0 saturated carbocycles. The largest absolute Gasteiger partial charge is 0.481 e. The molecule has 21 heavy (non-hydrogen) atoms. The van der Waals surface area contributed by atoms with Crippen molar-refractivity contribution in [3.8, 4) is 0 Å². The molecule has 0 bridgehead atoms. The van der Waals surface area contributed by atoms with Crippen LogP contribution in [0.2, 0.25) is 0 Å². The molecule has 2 amide bonds. The number of amides is 2. The Labute approximate surface area is 126 Å². The lowest BCUT2D eigenvalue weighted by Gasteiger charge is -2.19. The molecule has 1 aromatic carbocycles. The number of urea groups is 1. The lowest BCUT2D eigenvalue weighted by molar-refractivity contribution is -0.137. The van der Waals surface area contributed by atoms with Crippen LogP contribution in [0.25, 0.3) is 0 Å². The predicted octanol–water partition coefficient (Wildman–Crippen LogP) is 2.37. The van der Waals surface area contributed by atoms with E-state index in [9.17, 15) is 9.59 Å². The van der Waals surface area contributed by atoms with E-state index < -0.39 is 5.97 Å². The molecule has 0 fully saturated rings. The highest BCUT2D eigenvalue weighted by Crippen LogP contribution is 2.04. The van der Waals surface area contributed by atoms with Crippen LogP contribution >= 0.6 is 0 Å². The molecule has 0 aliphatic rings. The van der Waals surface area contributed by atoms with Gasteiger partial charge in [0.2, 0.25) is 0 Å². The number of rotatable bonds is 8. The summed E-state index contributed by atoms with van der Waals surface area (Å²) in [6.45, 7) is 3.09. The number of nitrogens with one attached hydrogen (secondary N) is 1. The van der Waals surface area contributed by atoms with Crippen LogP contribution < -0.4 is 5.32 Å². The van der Waals surface area contributed by atoms with Crippen LogP contribution in [-0.2, 0) is 11.2 Å². The molecule has 1 unspecified atom stereocenters. The van der Waals surface area contributed by atoms with E-state index in [0.717, 1.165) is 6.42 Å². The third-order valence-corrected chi connectivity index (χ3v) is 3.38.